The zero-order chi connectivity index (χ0) is 20.7. The van der Waals surface area contributed by atoms with Crippen molar-refractivity contribution in [3.05, 3.63) is 78.6 Å². The molecule has 7 nitrogen and oxygen atoms in total. The van der Waals surface area contributed by atoms with Crippen molar-refractivity contribution in [3.8, 4) is 5.75 Å². The average Bonchev–Trinajstić information content (AvgIpc) is 2.74. The Bertz CT molecular complexity index is 1050. The molecule has 29 heavy (non-hydrogen) atoms. The lowest BCUT2D eigenvalue weighted by Crippen LogP contribution is -2.28. The van der Waals surface area contributed by atoms with Gasteiger partial charge in [-0.2, -0.15) is 0 Å². The molecule has 0 saturated carbocycles. The number of sulfone groups is 1. The fraction of sp³-hybridized carbons (Fsp3) is 0.143. The summed E-state index contributed by atoms with van der Waals surface area (Å²) in [5, 5.41) is 5.38. The summed E-state index contributed by atoms with van der Waals surface area (Å²) in [4.78, 5) is 16.3. The summed E-state index contributed by atoms with van der Waals surface area (Å²) in [5.41, 5.74) is 1.36. The maximum atomic E-state index is 12.7. The van der Waals surface area contributed by atoms with Gasteiger partial charge in [-0.25, -0.2) is 13.2 Å². The summed E-state index contributed by atoms with van der Waals surface area (Å²) in [7, 11) is -3.65. The van der Waals surface area contributed by atoms with Crippen LogP contribution in [0, 0.1) is 0 Å². The van der Waals surface area contributed by atoms with Gasteiger partial charge < -0.3 is 15.4 Å². The summed E-state index contributed by atoms with van der Waals surface area (Å²) in [6, 6.07) is 15.5. The number of carbonyl (C=O) groups excluding carboxylic acids is 1. The molecule has 0 atom stereocenters. The number of ether oxygens (including phenoxy) is 1. The van der Waals surface area contributed by atoms with E-state index in [1.165, 1.54) is 24.3 Å². The Kier molecular flexibility index (Phi) is 6.46. The van der Waals surface area contributed by atoms with Crippen molar-refractivity contribution in [1.82, 2.24) is 10.3 Å². The maximum absolute atomic E-state index is 12.7. The Morgan fingerprint density at radius 1 is 1.00 bits per heavy atom. The highest BCUT2D eigenvalue weighted by Gasteiger charge is 2.17. The van der Waals surface area contributed by atoms with Crippen molar-refractivity contribution in [2.45, 2.75) is 23.3 Å². The van der Waals surface area contributed by atoms with Crippen LogP contribution in [0.4, 0.5) is 10.5 Å². The predicted octanol–water partition coefficient (Wildman–Crippen LogP) is 3.63. The molecule has 0 unspecified atom stereocenters. The van der Waals surface area contributed by atoms with Crippen molar-refractivity contribution in [3.63, 3.8) is 0 Å². The smallest absolute Gasteiger partial charge is 0.319 e. The molecule has 0 radical (unpaired) electrons. The van der Waals surface area contributed by atoms with E-state index in [1.54, 1.807) is 42.7 Å². The molecule has 1 heterocycles. The third-order valence-corrected chi connectivity index (χ3v) is 5.83. The number of carbonyl (C=O) groups is 1. The van der Waals surface area contributed by atoms with E-state index in [2.05, 4.69) is 15.6 Å². The molecule has 0 saturated heterocycles. The molecular weight excluding hydrogens is 390 g/mol. The molecule has 0 fully saturated rings. The minimum Gasteiger partial charge on any atom is -0.494 e. The summed E-state index contributed by atoms with van der Waals surface area (Å²) in [6.45, 7) is 2.71. The monoisotopic (exact) mass is 411 g/mol. The lowest BCUT2D eigenvalue weighted by Gasteiger charge is -2.09. The van der Waals surface area contributed by atoms with Crippen LogP contribution in [-0.2, 0) is 16.4 Å². The number of hydrogen-bond acceptors (Lipinski definition) is 5. The minimum atomic E-state index is -3.65. The van der Waals surface area contributed by atoms with Crippen molar-refractivity contribution < 1.29 is 17.9 Å². The number of pyridine rings is 1. The molecule has 0 aliphatic rings. The van der Waals surface area contributed by atoms with Gasteiger partial charge in [0.2, 0.25) is 9.84 Å². The Balaban J connectivity index is 1.63. The first kappa shape index (κ1) is 20.3. The first-order valence-electron chi connectivity index (χ1n) is 9.01. The molecule has 3 rings (SSSR count). The van der Waals surface area contributed by atoms with Crippen LogP contribution in [0.15, 0.2) is 82.8 Å². The van der Waals surface area contributed by atoms with Gasteiger partial charge in [0, 0.05) is 24.6 Å². The topological polar surface area (TPSA) is 97.4 Å². The van der Waals surface area contributed by atoms with Crippen molar-refractivity contribution >= 4 is 21.6 Å². The number of nitrogens with zero attached hydrogens (tertiary/aromatic N) is 1. The quantitative estimate of drug-likeness (QED) is 0.619. The van der Waals surface area contributed by atoms with E-state index >= 15 is 0 Å². The third kappa shape index (κ3) is 5.32. The van der Waals surface area contributed by atoms with Gasteiger partial charge in [-0.1, -0.05) is 6.07 Å². The molecule has 2 N–H and O–H groups in total. The number of hydrogen-bond donors (Lipinski definition) is 2. The first-order chi connectivity index (χ1) is 14.0. The first-order valence-corrected chi connectivity index (χ1v) is 10.5. The number of amides is 2. The van der Waals surface area contributed by atoms with E-state index < -0.39 is 15.9 Å². The number of nitrogens with one attached hydrogen (secondary N) is 2. The molecule has 150 valence electrons. The lowest BCUT2D eigenvalue weighted by molar-refractivity contribution is 0.251. The second kappa shape index (κ2) is 9.20. The van der Waals surface area contributed by atoms with Crippen LogP contribution >= 0.6 is 0 Å². The normalized spacial score (nSPS) is 10.9. The zero-order valence-corrected chi connectivity index (χ0v) is 16.6. The van der Waals surface area contributed by atoms with Gasteiger partial charge in [-0.05, 0) is 67.1 Å². The molecule has 3 aromatic rings. The number of benzene rings is 2. The highest BCUT2D eigenvalue weighted by atomic mass is 32.2. The summed E-state index contributed by atoms with van der Waals surface area (Å²) < 4.78 is 30.8. The average molecular weight is 411 g/mol. The molecule has 0 aliphatic heterocycles. The molecule has 2 amide bonds. The molecule has 8 heteroatoms. The molecule has 1 aromatic heterocycles. The lowest BCUT2D eigenvalue weighted by atomic mass is 10.3. The Morgan fingerprint density at radius 2 is 1.66 bits per heavy atom. The standard InChI is InChI=1S/C21H21N3O4S/c1-2-28-18-7-11-20(12-8-18)29(26,27)19-9-5-17(6-10-19)24-21(25)23-15-16-4-3-13-22-14-16/h3-14H,2,15H2,1H3,(H2,23,24,25). The molecular formula is C21H21N3O4S. The van der Waals surface area contributed by atoms with Gasteiger partial charge in [0.05, 0.1) is 16.4 Å². The second-order valence-electron chi connectivity index (χ2n) is 6.10. The minimum absolute atomic E-state index is 0.142. The van der Waals surface area contributed by atoms with Gasteiger partial charge in [-0.3, -0.25) is 4.98 Å². The van der Waals surface area contributed by atoms with E-state index in [0.717, 1.165) is 5.56 Å². The van der Waals surface area contributed by atoms with Crippen molar-refractivity contribution in [2.75, 3.05) is 11.9 Å². The molecule has 0 spiro atoms. The number of rotatable bonds is 7. The molecule has 0 aliphatic carbocycles. The fourth-order valence-corrected chi connectivity index (χ4v) is 3.86. The van der Waals surface area contributed by atoms with Crippen LogP contribution in [0.3, 0.4) is 0 Å². The Labute approximate surface area is 169 Å². The number of anilines is 1. The predicted molar refractivity (Wildman–Crippen MR) is 110 cm³/mol. The van der Waals surface area contributed by atoms with Crippen LogP contribution in [0.25, 0.3) is 0 Å². The number of aromatic nitrogens is 1. The van der Waals surface area contributed by atoms with Crippen LogP contribution in [-0.4, -0.2) is 26.0 Å². The molecule has 2 aromatic carbocycles. The van der Waals surface area contributed by atoms with Gasteiger partial charge in [-0.15, -0.1) is 0 Å². The Morgan fingerprint density at radius 3 is 2.24 bits per heavy atom. The van der Waals surface area contributed by atoms with E-state index in [0.29, 0.717) is 24.6 Å². The fourth-order valence-electron chi connectivity index (χ4n) is 2.60. The highest BCUT2D eigenvalue weighted by Crippen LogP contribution is 2.24. The molecule has 0 bridgehead atoms. The van der Waals surface area contributed by atoms with E-state index in [9.17, 15) is 13.2 Å². The van der Waals surface area contributed by atoms with Crippen LogP contribution in [0.5, 0.6) is 5.75 Å². The van der Waals surface area contributed by atoms with Crippen molar-refractivity contribution in [2.24, 2.45) is 0 Å². The van der Waals surface area contributed by atoms with Gasteiger partial charge >= 0.3 is 6.03 Å². The van der Waals surface area contributed by atoms with E-state index in [1.807, 2.05) is 13.0 Å². The Hall–Kier alpha value is -3.39. The summed E-state index contributed by atoms with van der Waals surface area (Å²) in [6.07, 6.45) is 3.33. The van der Waals surface area contributed by atoms with Gasteiger partial charge in [0.15, 0.2) is 0 Å². The van der Waals surface area contributed by atoms with Crippen LogP contribution < -0.4 is 15.4 Å². The highest BCUT2D eigenvalue weighted by molar-refractivity contribution is 7.91. The number of urea groups is 1. The van der Waals surface area contributed by atoms with Crippen LogP contribution in [0.2, 0.25) is 0 Å². The zero-order valence-electron chi connectivity index (χ0n) is 15.8. The van der Waals surface area contributed by atoms with Crippen LogP contribution in [0.1, 0.15) is 12.5 Å². The van der Waals surface area contributed by atoms with Gasteiger partial charge in [0.1, 0.15) is 5.75 Å². The largest absolute Gasteiger partial charge is 0.494 e. The van der Waals surface area contributed by atoms with E-state index in [-0.39, 0.29) is 9.79 Å². The summed E-state index contributed by atoms with van der Waals surface area (Å²) in [5.74, 6) is 0.614. The maximum Gasteiger partial charge on any atom is 0.319 e. The third-order valence-electron chi connectivity index (χ3n) is 4.04. The van der Waals surface area contributed by atoms with E-state index in [4.69, 9.17) is 4.74 Å². The SMILES string of the molecule is CCOc1ccc(S(=O)(=O)c2ccc(NC(=O)NCc3cccnc3)cc2)cc1. The second-order valence-corrected chi connectivity index (χ2v) is 8.05. The van der Waals surface area contributed by atoms with Gasteiger partial charge in [0.25, 0.3) is 0 Å². The van der Waals surface area contributed by atoms with Crippen molar-refractivity contribution in [1.29, 1.82) is 0 Å². The summed E-state index contributed by atoms with van der Waals surface area (Å²) >= 11 is 0.